The Morgan fingerprint density at radius 2 is 2.06 bits per heavy atom. The van der Waals surface area contributed by atoms with Crippen LogP contribution in [0.5, 0.6) is 0 Å². The highest BCUT2D eigenvalue weighted by atomic mass is 35.5. The van der Waals surface area contributed by atoms with Crippen LogP contribution in [0.4, 0.5) is 0 Å². The molecule has 1 fully saturated rings. The zero-order valence-electron chi connectivity index (χ0n) is 9.23. The van der Waals surface area contributed by atoms with Gasteiger partial charge in [0.2, 0.25) is 0 Å². The standard InChI is InChI=1S/C12H14ClNO2.ClH/c13-9-5-2-1-4-8(9)12(14)7-3-6-10(15)11(12)16;/h1-2,4-5,10,15H,3,6-7,14H2;1H. The predicted octanol–water partition coefficient (Wildman–Crippen LogP) is 2.03. The van der Waals surface area contributed by atoms with E-state index in [0.717, 1.165) is 6.42 Å². The van der Waals surface area contributed by atoms with Crippen molar-refractivity contribution in [1.82, 2.24) is 0 Å². The van der Waals surface area contributed by atoms with E-state index in [0.29, 0.717) is 23.4 Å². The lowest BCUT2D eigenvalue weighted by molar-refractivity contribution is -0.136. The number of hydrogen-bond acceptors (Lipinski definition) is 3. The average Bonchev–Trinajstić information content (AvgIpc) is 2.26. The van der Waals surface area contributed by atoms with Crippen molar-refractivity contribution in [1.29, 1.82) is 0 Å². The minimum Gasteiger partial charge on any atom is -0.385 e. The van der Waals surface area contributed by atoms with Gasteiger partial charge in [0, 0.05) is 5.02 Å². The van der Waals surface area contributed by atoms with Crippen molar-refractivity contribution in [3.05, 3.63) is 34.9 Å². The number of nitrogens with two attached hydrogens (primary N) is 1. The van der Waals surface area contributed by atoms with Crippen molar-refractivity contribution in [2.24, 2.45) is 5.73 Å². The number of Topliss-reactive ketones (excluding diaryl/α,β-unsaturated/α-hetero) is 1. The van der Waals surface area contributed by atoms with E-state index in [2.05, 4.69) is 0 Å². The Morgan fingerprint density at radius 1 is 1.41 bits per heavy atom. The smallest absolute Gasteiger partial charge is 0.185 e. The Hall–Kier alpha value is -0.610. The van der Waals surface area contributed by atoms with Gasteiger partial charge in [0.05, 0.1) is 0 Å². The molecule has 1 aliphatic carbocycles. The maximum atomic E-state index is 12.0. The van der Waals surface area contributed by atoms with E-state index in [9.17, 15) is 9.90 Å². The summed E-state index contributed by atoms with van der Waals surface area (Å²) < 4.78 is 0. The molecule has 0 spiro atoms. The molecule has 2 unspecified atom stereocenters. The minimum atomic E-state index is -1.13. The first-order valence-electron chi connectivity index (χ1n) is 5.32. The molecular weight excluding hydrogens is 261 g/mol. The van der Waals surface area contributed by atoms with Gasteiger partial charge in [-0.2, -0.15) is 0 Å². The molecule has 1 saturated carbocycles. The molecule has 1 aromatic rings. The summed E-state index contributed by atoms with van der Waals surface area (Å²) in [5.74, 6) is -0.327. The van der Waals surface area contributed by atoms with E-state index in [-0.39, 0.29) is 18.2 Å². The molecule has 3 nitrogen and oxygen atoms in total. The summed E-state index contributed by atoms with van der Waals surface area (Å²) in [5.41, 5.74) is 5.60. The van der Waals surface area contributed by atoms with Gasteiger partial charge in [-0.25, -0.2) is 0 Å². The van der Waals surface area contributed by atoms with E-state index in [1.807, 2.05) is 0 Å². The van der Waals surface area contributed by atoms with E-state index >= 15 is 0 Å². The second kappa shape index (κ2) is 5.36. The van der Waals surface area contributed by atoms with E-state index in [1.54, 1.807) is 24.3 Å². The Kier molecular flexibility index (Phi) is 4.55. The Bertz CT molecular complexity index is 425. The quantitative estimate of drug-likeness (QED) is 0.825. The first-order chi connectivity index (χ1) is 7.55. The number of carbonyl (C=O) groups excluding carboxylic acids is 1. The van der Waals surface area contributed by atoms with Crippen molar-refractivity contribution in [3.63, 3.8) is 0 Å². The highest BCUT2D eigenvalue weighted by Crippen LogP contribution is 2.35. The summed E-state index contributed by atoms with van der Waals surface area (Å²) in [7, 11) is 0. The van der Waals surface area contributed by atoms with Crippen LogP contribution in [-0.4, -0.2) is 17.0 Å². The first-order valence-corrected chi connectivity index (χ1v) is 5.70. The van der Waals surface area contributed by atoms with E-state index in [4.69, 9.17) is 17.3 Å². The Morgan fingerprint density at radius 3 is 2.71 bits per heavy atom. The molecule has 0 saturated heterocycles. The largest absolute Gasteiger partial charge is 0.385 e. The second-order valence-corrected chi connectivity index (χ2v) is 4.63. The Labute approximate surface area is 111 Å². The van der Waals surface area contributed by atoms with Crippen molar-refractivity contribution in [3.8, 4) is 0 Å². The molecule has 0 bridgehead atoms. The highest BCUT2D eigenvalue weighted by Gasteiger charge is 2.43. The third-order valence-electron chi connectivity index (χ3n) is 3.15. The molecule has 0 aliphatic heterocycles. The monoisotopic (exact) mass is 275 g/mol. The second-order valence-electron chi connectivity index (χ2n) is 4.22. The predicted molar refractivity (Wildman–Crippen MR) is 69.4 cm³/mol. The maximum Gasteiger partial charge on any atom is 0.185 e. The summed E-state index contributed by atoms with van der Waals surface area (Å²) in [6.45, 7) is 0. The SMILES string of the molecule is Cl.NC1(c2ccccc2Cl)CCCC(O)C1=O. The fraction of sp³-hybridized carbons (Fsp3) is 0.417. The summed E-state index contributed by atoms with van der Waals surface area (Å²) in [5, 5.41) is 10.1. The fourth-order valence-corrected chi connectivity index (χ4v) is 2.52. The van der Waals surface area contributed by atoms with Crippen LogP contribution in [0.2, 0.25) is 5.02 Å². The van der Waals surface area contributed by atoms with Gasteiger partial charge in [-0.05, 0) is 30.9 Å². The van der Waals surface area contributed by atoms with Crippen molar-refractivity contribution in [2.45, 2.75) is 30.9 Å². The molecule has 2 atom stereocenters. The van der Waals surface area contributed by atoms with Crippen LogP contribution in [-0.2, 0) is 10.3 Å². The molecule has 1 aromatic carbocycles. The molecule has 0 aromatic heterocycles. The zero-order chi connectivity index (χ0) is 11.8. The van der Waals surface area contributed by atoms with Crippen LogP contribution in [0.3, 0.4) is 0 Å². The van der Waals surface area contributed by atoms with Gasteiger partial charge in [-0.3, -0.25) is 4.79 Å². The third kappa shape index (κ3) is 2.47. The molecule has 2 rings (SSSR count). The molecule has 0 radical (unpaired) electrons. The zero-order valence-corrected chi connectivity index (χ0v) is 10.8. The molecule has 0 amide bonds. The number of carbonyl (C=O) groups is 1. The third-order valence-corrected chi connectivity index (χ3v) is 3.48. The van der Waals surface area contributed by atoms with Crippen molar-refractivity contribution in [2.75, 3.05) is 0 Å². The summed E-state index contributed by atoms with van der Waals surface area (Å²) >= 11 is 6.05. The number of ketones is 1. The van der Waals surface area contributed by atoms with Crippen LogP contribution in [0.1, 0.15) is 24.8 Å². The summed E-state index contributed by atoms with van der Waals surface area (Å²) in [6.07, 6.45) is 0.791. The molecule has 3 N–H and O–H groups in total. The number of aliphatic hydroxyl groups is 1. The van der Waals surface area contributed by atoms with Gasteiger partial charge in [0.15, 0.2) is 5.78 Å². The molecule has 17 heavy (non-hydrogen) atoms. The molecule has 1 aliphatic rings. The summed E-state index contributed by atoms with van der Waals surface area (Å²) in [6, 6.07) is 7.04. The van der Waals surface area contributed by atoms with Crippen molar-refractivity contribution < 1.29 is 9.90 Å². The number of hydrogen-bond donors (Lipinski definition) is 2. The van der Waals surface area contributed by atoms with E-state index < -0.39 is 11.6 Å². The lowest BCUT2D eigenvalue weighted by Gasteiger charge is -2.35. The van der Waals surface area contributed by atoms with E-state index in [1.165, 1.54) is 0 Å². The lowest BCUT2D eigenvalue weighted by Crippen LogP contribution is -2.52. The molecule has 0 heterocycles. The van der Waals surface area contributed by atoms with Crippen LogP contribution >= 0.6 is 24.0 Å². The van der Waals surface area contributed by atoms with Crippen LogP contribution < -0.4 is 5.73 Å². The summed E-state index contributed by atoms with van der Waals surface area (Å²) in [4.78, 5) is 12.0. The number of benzene rings is 1. The Balaban J connectivity index is 0.00000144. The normalized spacial score (nSPS) is 28.6. The van der Waals surface area contributed by atoms with Gasteiger partial charge < -0.3 is 10.8 Å². The van der Waals surface area contributed by atoms with Crippen LogP contribution in [0.25, 0.3) is 0 Å². The van der Waals surface area contributed by atoms with Gasteiger partial charge in [-0.15, -0.1) is 12.4 Å². The van der Waals surface area contributed by atoms with Crippen LogP contribution in [0, 0.1) is 0 Å². The molecular formula is C12H15Cl2NO2. The minimum absolute atomic E-state index is 0. The average molecular weight is 276 g/mol. The van der Waals surface area contributed by atoms with Gasteiger partial charge in [0.25, 0.3) is 0 Å². The number of aliphatic hydroxyl groups excluding tert-OH is 1. The molecule has 5 heteroatoms. The first kappa shape index (κ1) is 14.5. The highest BCUT2D eigenvalue weighted by molar-refractivity contribution is 6.31. The topological polar surface area (TPSA) is 63.3 Å². The number of halogens is 2. The lowest BCUT2D eigenvalue weighted by atomic mass is 9.75. The number of rotatable bonds is 1. The van der Waals surface area contributed by atoms with Gasteiger partial charge >= 0.3 is 0 Å². The van der Waals surface area contributed by atoms with Gasteiger partial charge in [-0.1, -0.05) is 29.8 Å². The maximum absolute atomic E-state index is 12.0. The van der Waals surface area contributed by atoms with Crippen molar-refractivity contribution >= 4 is 29.8 Å². The molecule has 94 valence electrons. The van der Waals surface area contributed by atoms with Gasteiger partial charge in [0.1, 0.15) is 11.6 Å². The van der Waals surface area contributed by atoms with Crippen LogP contribution in [0.15, 0.2) is 24.3 Å². The fourth-order valence-electron chi connectivity index (χ4n) is 2.22.